The zero-order chi connectivity index (χ0) is 20.1. The van der Waals surface area contributed by atoms with Gasteiger partial charge < -0.3 is 9.46 Å². The van der Waals surface area contributed by atoms with E-state index in [1.165, 1.54) is 0 Å². The summed E-state index contributed by atoms with van der Waals surface area (Å²) in [6.07, 6.45) is 1.73. The minimum atomic E-state index is -3.78. The van der Waals surface area contributed by atoms with Gasteiger partial charge in [-0.15, -0.1) is 0 Å². The SMILES string of the molecule is O=P([O-])(NCc1ccc(-c2ccccc2)cc1)SCc1cccc2cccnc12.[Na+]. The van der Waals surface area contributed by atoms with Crippen LogP contribution < -0.4 is 39.5 Å². The van der Waals surface area contributed by atoms with Gasteiger partial charge in [0.05, 0.1) is 5.52 Å². The van der Waals surface area contributed by atoms with E-state index >= 15 is 0 Å². The van der Waals surface area contributed by atoms with E-state index in [0.29, 0.717) is 5.75 Å². The van der Waals surface area contributed by atoms with E-state index in [1.54, 1.807) is 6.20 Å². The van der Waals surface area contributed by atoms with Crippen molar-refractivity contribution in [3.05, 3.63) is 102 Å². The van der Waals surface area contributed by atoms with E-state index in [0.717, 1.165) is 44.5 Å². The van der Waals surface area contributed by atoms with Gasteiger partial charge in [0.2, 0.25) is 0 Å². The molecular weight excluding hydrogens is 422 g/mol. The van der Waals surface area contributed by atoms with Gasteiger partial charge in [-0.25, -0.2) is 0 Å². The molecule has 0 spiro atoms. The second-order valence-corrected chi connectivity index (χ2v) is 10.7. The van der Waals surface area contributed by atoms with Gasteiger partial charge in [-0.05, 0) is 28.3 Å². The monoisotopic (exact) mass is 442 g/mol. The van der Waals surface area contributed by atoms with Crippen LogP contribution in [0.5, 0.6) is 0 Å². The van der Waals surface area contributed by atoms with Crippen LogP contribution in [0.1, 0.15) is 11.1 Å². The second kappa shape index (κ2) is 10.7. The number of hydrogen-bond donors (Lipinski definition) is 1. The summed E-state index contributed by atoms with van der Waals surface area (Å²) in [7, 11) is 0. The molecule has 3 aromatic carbocycles. The molecule has 30 heavy (non-hydrogen) atoms. The number of nitrogens with zero attached hydrogens (tertiary/aromatic N) is 1. The molecule has 4 rings (SSSR count). The number of fused-ring (bicyclic) bond motifs is 1. The van der Waals surface area contributed by atoms with Gasteiger partial charge in [0.15, 0.2) is 0 Å². The fourth-order valence-electron chi connectivity index (χ4n) is 3.12. The average molecular weight is 442 g/mol. The zero-order valence-corrected chi connectivity index (χ0v) is 20.4. The molecule has 0 saturated heterocycles. The quantitative estimate of drug-likeness (QED) is 0.352. The zero-order valence-electron chi connectivity index (χ0n) is 16.7. The summed E-state index contributed by atoms with van der Waals surface area (Å²) in [5.74, 6) is 0.356. The normalized spacial score (nSPS) is 12.8. The van der Waals surface area contributed by atoms with Crippen LogP contribution in [0.3, 0.4) is 0 Å². The molecule has 4 aromatic rings. The molecule has 4 nitrogen and oxygen atoms in total. The first kappa shape index (κ1) is 23.2. The molecule has 0 aliphatic rings. The number of rotatable bonds is 7. The van der Waals surface area contributed by atoms with Crippen molar-refractivity contribution < 1.29 is 39.0 Å². The van der Waals surface area contributed by atoms with Gasteiger partial charge in [0, 0.05) is 23.9 Å². The van der Waals surface area contributed by atoms with Gasteiger partial charge in [-0.1, -0.05) is 90.2 Å². The Hall–Kier alpha value is -1.43. The third-order valence-electron chi connectivity index (χ3n) is 4.64. The predicted molar refractivity (Wildman–Crippen MR) is 119 cm³/mol. The van der Waals surface area contributed by atoms with E-state index in [4.69, 9.17) is 0 Å². The molecule has 0 bridgehead atoms. The maximum atomic E-state index is 12.5. The number of para-hydroxylation sites is 1. The number of aromatic nitrogens is 1. The third-order valence-corrected chi connectivity index (χ3v) is 7.76. The second-order valence-electron chi connectivity index (χ2n) is 6.66. The Morgan fingerprint density at radius 1 is 0.867 bits per heavy atom. The number of hydrogen-bond acceptors (Lipinski definition) is 4. The largest absolute Gasteiger partial charge is 1.00 e. The predicted octanol–water partition coefficient (Wildman–Crippen LogP) is 2.40. The Morgan fingerprint density at radius 2 is 1.57 bits per heavy atom. The fourth-order valence-corrected chi connectivity index (χ4v) is 5.52. The molecule has 1 aromatic heterocycles. The van der Waals surface area contributed by atoms with Gasteiger partial charge in [-0.2, -0.15) is 0 Å². The van der Waals surface area contributed by atoms with Crippen LogP contribution in [0.2, 0.25) is 0 Å². The van der Waals surface area contributed by atoms with Crippen LogP contribution in [0, 0.1) is 0 Å². The van der Waals surface area contributed by atoms with E-state index in [9.17, 15) is 9.46 Å². The Morgan fingerprint density at radius 3 is 2.33 bits per heavy atom. The minimum absolute atomic E-state index is 0. The Bertz CT molecular complexity index is 1150. The van der Waals surface area contributed by atoms with Crippen LogP contribution in [0.4, 0.5) is 0 Å². The van der Waals surface area contributed by atoms with E-state index in [1.807, 2.05) is 72.8 Å². The van der Waals surface area contributed by atoms with Gasteiger partial charge >= 0.3 is 29.6 Å². The van der Waals surface area contributed by atoms with Gasteiger partial charge in [0.25, 0.3) is 0 Å². The van der Waals surface area contributed by atoms with Crippen molar-refractivity contribution in [2.75, 3.05) is 0 Å². The van der Waals surface area contributed by atoms with Crippen molar-refractivity contribution >= 4 is 29.0 Å². The fraction of sp³-hybridized carbons (Fsp3) is 0.0870. The Balaban J connectivity index is 0.00000256. The van der Waals surface area contributed by atoms with Crippen molar-refractivity contribution in [3.8, 4) is 11.1 Å². The maximum Gasteiger partial charge on any atom is 1.00 e. The summed E-state index contributed by atoms with van der Waals surface area (Å²) in [5, 5.41) is 3.71. The van der Waals surface area contributed by atoms with Crippen molar-refractivity contribution in [1.29, 1.82) is 0 Å². The topological polar surface area (TPSA) is 65.0 Å². The summed E-state index contributed by atoms with van der Waals surface area (Å²) in [6, 6.07) is 27.7. The van der Waals surface area contributed by atoms with Gasteiger partial charge in [-0.3, -0.25) is 10.1 Å². The first-order valence-electron chi connectivity index (χ1n) is 9.28. The number of benzene rings is 3. The van der Waals surface area contributed by atoms with Crippen molar-refractivity contribution in [1.82, 2.24) is 10.1 Å². The molecule has 1 unspecified atom stereocenters. The van der Waals surface area contributed by atoms with Gasteiger partial charge in [0.1, 0.15) is 6.72 Å². The molecule has 0 aliphatic carbocycles. The van der Waals surface area contributed by atoms with E-state index in [-0.39, 0.29) is 36.1 Å². The molecule has 1 N–H and O–H groups in total. The van der Waals surface area contributed by atoms with Crippen LogP contribution in [-0.4, -0.2) is 4.98 Å². The molecule has 1 atom stereocenters. The molecule has 0 saturated carbocycles. The smallest absolute Gasteiger partial charge is 0.780 e. The molecule has 0 aliphatic heterocycles. The summed E-state index contributed by atoms with van der Waals surface area (Å²) in [4.78, 5) is 16.8. The molecule has 0 amide bonds. The average Bonchev–Trinajstić information content (AvgIpc) is 2.77. The van der Waals surface area contributed by atoms with E-state index < -0.39 is 6.72 Å². The number of nitrogens with one attached hydrogen (secondary N) is 1. The third kappa shape index (κ3) is 6.05. The molecule has 1 heterocycles. The maximum absolute atomic E-state index is 12.5. The summed E-state index contributed by atoms with van der Waals surface area (Å²) >= 11 is 0.915. The minimum Gasteiger partial charge on any atom is -0.780 e. The summed E-state index contributed by atoms with van der Waals surface area (Å²) < 4.78 is 12.5. The van der Waals surface area contributed by atoms with Crippen LogP contribution >= 0.6 is 18.1 Å². The molecule has 0 radical (unpaired) electrons. The molecule has 0 fully saturated rings. The first-order chi connectivity index (χ1) is 14.1. The first-order valence-corrected chi connectivity index (χ1v) is 12.5. The van der Waals surface area contributed by atoms with E-state index in [2.05, 4.69) is 22.2 Å². The van der Waals surface area contributed by atoms with Crippen molar-refractivity contribution in [3.63, 3.8) is 0 Å². The van der Waals surface area contributed by atoms with Crippen LogP contribution in [0.25, 0.3) is 22.0 Å². The molecule has 146 valence electrons. The van der Waals surface area contributed by atoms with Crippen molar-refractivity contribution in [2.24, 2.45) is 0 Å². The summed E-state index contributed by atoms with van der Waals surface area (Å²) in [6.45, 7) is -3.51. The van der Waals surface area contributed by atoms with Crippen molar-refractivity contribution in [2.45, 2.75) is 12.3 Å². The molecular formula is C23H20N2NaO2PS. The van der Waals surface area contributed by atoms with Crippen LogP contribution in [0.15, 0.2) is 91.1 Å². The Kier molecular flexibility index (Phi) is 8.32. The van der Waals surface area contributed by atoms with Crippen LogP contribution in [-0.2, 0) is 16.9 Å². The summed E-state index contributed by atoms with van der Waals surface area (Å²) in [5.41, 5.74) is 4.93. The standard InChI is InChI=1S/C23H21N2O2PS.Na/c26-28(27,29-17-22-9-4-8-21-10-5-15-24-23(21)22)25-16-18-11-13-20(14-12-18)19-6-2-1-3-7-19;/h1-15H,16-17H2,(H2,25,26,27);/q;+1/p-1. The Labute approximate surface area is 202 Å². The number of pyridine rings is 1. The molecule has 7 heteroatoms.